The summed E-state index contributed by atoms with van der Waals surface area (Å²) in [5.41, 5.74) is 17.1. The normalized spacial score (nSPS) is 10.1. The second-order valence-corrected chi connectivity index (χ2v) is 3.96. The van der Waals surface area contributed by atoms with Crippen molar-refractivity contribution >= 4 is 17.4 Å². The summed E-state index contributed by atoms with van der Waals surface area (Å²) >= 11 is 0. The third-order valence-electron chi connectivity index (χ3n) is 2.59. The molecule has 104 valence electrons. The molecule has 0 radical (unpaired) electrons. The number of rotatable bonds is 4. The zero-order valence-electron chi connectivity index (χ0n) is 10.8. The van der Waals surface area contributed by atoms with E-state index in [0.717, 1.165) is 0 Å². The Labute approximate surface area is 115 Å². The number of benzene rings is 1. The predicted molar refractivity (Wildman–Crippen MR) is 74.6 cm³/mol. The fourth-order valence-electron chi connectivity index (χ4n) is 1.54. The Morgan fingerprint density at radius 3 is 2.50 bits per heavy atom. The van der Waals surface area contributed by atoms with Gasteiger partial charge in [-0.3, -0.25) is 4.79 Å². The summed E-state index contributed by atoms with van der Waals surface area (Å²) < 4.78 is 10.7. The van der Waals surface area contributed by atoms with Gasteiger partial charge in [0.05, 0.1) is 12.8 Å². The smallest absolute Gasteiger partial charge is 0.248 e. The van der Waals surface area contributed by atoms with Crippen molar-refractivity contribution in [1.82, 2.24) is 4.98 Å². The van der Waals surface area contributed by atoms with Crippen molar-refractivity contribution in [3.05, 3.63) is 35.9 Å². The van der Waals surface area contributed by atoms with Crippen LogP contribution in [0.25, 0.3) is 0 Å². The molecule has 0 saturated heterocycles. The fraction of sp³-hybridized carbons (Fsp3) is 0.0769. The van der Waals surface area contributed by atoms with Crippen LogP contribution in [0, 0.1) is 0 Å². The number of methoxy groups -OCH3 is 1. The van der Waals surface area contributed by atoms with Crippen molar-refractivity contribution in [2.75, 3.05) is 18.6 Å². The highest BCUT2D eigenvalue weighted by molar-refractivity contribution is 5.93. The first kappa shape index (κ1) is 13.5. The molecule has 0 aliphatic heterocycles. The van der Waals surface area contributed by atoms with Gasteiger partial charge in [-0.15, -0.1) is 0 Å². The van der Waals surface area contributed by atoms with E-state index >= 15 is 0 Å². The van der Waals surface area contributed by atoms with Crippen LogP contribution in [-0.2, 0) is 0 Å². The Morgan fingerprint density at radius 1 is 1.15 bits per heavy atom. The van der Waals surface area contributed by atoms with Crippen LogP contribution in [0.4, 0.5) is 11.5 Å². The Morgan fingerprint density at radius 2 is 1.90 bits per heavy atom. The van der Waals surface area contributed by atoms with E-state index in [2.05, 4.69) is 4.98 Å². The molecule has 6 N–H and O–H groups in total. The summed E-state index contributed by atoms with van der Waals surface area (Å²) in [5.74, 6) is 0.634. The van der Waals surface area contributed by atoms with Gasteiger partial charge in [0.15, 0.2) is 17.3 Å². The molecule has 0 fully saturated rings. The van der Waals surface area contributed by atoms with Crippen molar-refractivity contribution in [1.29, 1.82) is 0 Å². The standard InChI is InChI=1S/C13H14N4O3/c1-19-10-6-7(13(16)18)2-4-9(10)20-11-5-3-8(14)12(15)17-11/h2-6H,14H2,1H3,(H2,15,17)(H2,16,18). The Bertz CT molecular complexity index is 658. The molecular formula is C13H14N4O3. The molecule has 2 rings (SSSR count). The van der Waals surface area contributed by atoms with Crippen molar-refractivity contribution in [2.24, 2.45) is 5.73 Å². The highest BCUT2D eigenvalue weighted by atomic mass is 16.5. The van der Waals surface area contributed by atoms with Crippen molar-refractivity contribution in [2.45, 2.75) is 0 Å². The van der Waals surface area contributed by atoms with Gasteiger partial charge in [0.1, 0.15) is 0 Å². The summed E-state index contributed by atoms with van der Waals surface area (Å²) in [4.78, 5) is 15.1. The van der Waals surface area contributed by atoms with Gasteiger partial charge in [-0.1, -0.05) is 0 Å². The summed E-state index contributed by atoms with van der Waals surface area (Å²) in [6.07, 6.45) is 0. The van der Waals surface area contributed by atoms with Crippen LogP contribution in [0.3, 0.4) is 0 Å². The molecule has 0 aliphatic carbocycles. The molecule has 20 heavy (non-hydrogen) atoms. The van der Waals surface area contributed by atoms with Crippen LogP contribution < -0.4 is 26.7 Å². The van der Waals surface area contributed by atoms with Crippen LogP contribution >= 0.6 is 0 Å². The number of nitrogens with zero attached hydrogens (tertiary/aromatic N) is 1. The monoisotopic (exact) mass is 274 g/mol. The third kappa shape index (κ3) is 2.72. The van der Waals surface area contributed by atoms with Gasteiger partial charge in [-0.05, 0) is 24.3 Å². The van der Waals surface area contributed by atoms with E-state index in [4.69, 9.17) is 26.7 Å². The zero-order chi connectivity index (χ0) is 14.7. The van der Waals surface area contributed by atoms with Gasteiger partial charge in [0.2, 0.25) is 11.8 Å². The van der Waals surface area contributed by atoms with E-state index in [1.807, 2.05) is 0 Å². The molecule has 1 aromatic heterocycles. The maximum absolute atomic E-state index is 11.1. The Hall–Kier alpha value is -2.96. The summed E-state index contributed by atoms with van der Waals surface area (Å²) in [6.45, 7) is 0. The number of hydrogen-bond donors (Lipinski definition) is 3. The highest BCUT2D eigenvalue weighted by Gasteiger charge is 2.11. The number of ether oxygens (including phenoxy) is 2. The quantitative estimate of drug-likeness (QED) is 0.767. The van der Waals surface area contributed by atoms with Gasteiger partial charge < -0.3 is 26.7 Å². The van der Waals surface area contributed by atoms with Gasteiger partial charge in [0, 0.05) is 11.6 Å². The average molecular weight is 274 g/mol. The highest BCUT2D eigenvalue weighted by Crippen LogP contribution is 2.32. The van der Waals surface area contributed by atoms with E-state index < -0.39 is 5.91 Å². The van der Waals surface area contributed by atoms with Gasteiger partial charge in [-0.25, -0.2) is 0 Å². The molecule has 1 amide bonds. The van der Waals surface area contributed by atoms with Crippen LogP contribution in [-0.4, -0.2) is 18.0 Å². The third-order valence-corrected chi connectivity index (χ3v) is 2.59. The molecular weight excluding hydrogens is 260 g/mol. The van der Waals surface area contributed by atoms with E-state index in [1.165, 1.54) is 19.2 Å². The lowest BCUT2D eigenvalue weighted by molar-refractivity contribution is 0.1000. The number of aromatic nitrogens is 1. The lowest BCUT2D eigenvalue weighted by Gasteiger charge is -2.11. The number of amides is 1. The summed E-state index contributed by atoms with van der Waals surface area (Å²) in [7, 11) is 1.46. The number of pyridine rings is 1. The molecule has 0 saturated carbocycles. The molecule has 0 spiro atoms. The zero-order valence-corrected chi connectivity index (χ0v) is 10.8. The van der Waals surface area contributed by atoms with Crippen molar-refractivity contribution in [3.8, 4) is 17.4 Å². The number of carbonyl (C=O) groups is 1. The molecule has 7 nitrogen and oxygen atoms in total. The van der Waals surface area contributed by atoms with E-state index in [9.17, 15) is 4.79 Å². The molecule has 0 bridgehead atoms. The van der Waals surface area contributed by atoms with Crippen molar-refractivity contribution < 1.29 is 14.3 Å². The minimum Gasteiger partial charge on any atom is -0.493 e. The number of primary amides is 1. The lowest BCUT2D eigenvalue weighted by atomic mass is 10.2. The summed E-state index contributed by atoms with van der Waals surface area (Å²) in [6, 6.07) is 7.74. The van der Waals surface area contributed by atoms with Gasteiger partial charge in [-0.2, -0.15) is 4.98 Å². The van der Waals surface area contributed by atoms with Crippen LogP contribution in [0.1, 0.15) is 10.4 Å². The minimum absolute atomic E-state index is 0.176. The predicted octanol–water partition coefficient (Wildman–Crippen LogP) is 1.15. The van der Waals surface area contributed by atoms with Crippen LogP contribution in [0.15, 0.2) is 30.3 Å². The average Bonchev–Trinajstić information content (AvgIpc) is 2.43. The van der Waals surface area contributed by atoms with E-state index in [0.29, 0.717) is 22.7 Å². The second kappa shape index (κ2) is 5.35. The molecule has 2 aromatic rings. The number of anilines is 2. The van der Waals surface area contributed by atoms with Crippen LogP contribution in [0.2, 0.25) is 0 Å². The van der Waals surface area contributed by atoms with Crippen molar-refractivity contribution in [3.63, 3.8) is 0 Å². The minimum atomic E-state index is -0.551. The first-order valence-corrected chi connectivity index (χ1v) is 5.69. The molecule has 0 unspecified atom stereocenters. The largest absolute Gasteiger partial charge is 0.493 e. The van der Waals surface area contributed by atoms with Gasteiger partial charge in [0.25, 0.3) is 0 Å². The summed E-state index contributed by atoms with van der Waals surface area (Å²) in [5, 5.41) is 0. The maximum Gasteiger partial charge on any atom is 0.248 e. The molecule has 0 aliphatic rings. The Balaban J connectivity index is 2.32. The molecule has 0 atom stereocenters. The number of hydrogen-bond acceptors (Lipinski definition) is 6. The molecule has 1 aromatic carbocycles. The first-order valence-electron chi connectivity index (χ1n) is 5.69. The number of nitrogens with two attached hydrogens (primary N) is 3. The molecule has 1 heterocycles. The lowest BCUT2D eigenvalue weighted by Crippen LogP contribution is -2.10. The first-order chi connectivity index (χ1) is 9.51. The van der Waals surface area contributed by atoms with Crippen LogP contribution in [0.5, 0.6) is 17.4 Å². The SMILES string of the molecule is COc1cc(C(N)=O)ccc1Oc1ccc(N)c(N)n1. The fourth-order valence-corrected chi connectivity index (χ4v) is 1.54. The molecule has 7 heteroatoms. The van der Waals surface area contributed by atoms with E-state index in [1.54, 1.807) is 18.2 Å². The number of nitrogen functional groups attached to an aromatic ring is 2. The topological polar surface area (TPSA) is 126 Å². The van der Waals surface area contributed by atoms with E-state index in [-0.39, 0.29) is 11.7 Å². The second-order valence-electron chi connectivity index (χ2n) is 3.96. The maximum atomic E-state index is 11.1. The number of carbonyl (C=O) groups excluding carboxylic acids is 1. The van der Waals surface area contributed by atoms with Gasteiger partial charge >= 0.3 is 0 Å². The Kier molecular flexibility index (Phi) is 3.60.